The first-order valence-electron chi connectivity index (χ1n) is 12.6. The lowest BCUT2D eigenvalue weighted by molar-refractivity contribution is -0.144. The summed E-state index contributed by atoms with van der Waals surface area (Å²) in [7, 11) is 0. The van der Waals surface area contributed by atoms with Gasteiger partial charge < -0.3 is 15.5 Å². The van der Waals surface area contributed by atoms with Crippen molar-refractivity contribution in [3.8, 4) is 0 Å². The molecule has 6 nitrogen and oxygen atoms in total. The zero-order valence-corrected chi connectivity index (χ0v) is 20.3. The number of alkyl halides is 3. The summed E-state index contributed by atoms with van der Waals surface area (Å²) in [6.45, 7) is 2.84. The Morgan fingerprint density at radius 3 is 2.72 bits per heavy atom. The van der Waals surface area contributed by atoms with E-state index in [2.05, 4.69) is 15.6 Å². The van der Waals surface area contributed by atoms with Gasteiger partial charge in [-0.1, -0.05) is 18.6 Å². The summed E-state index contributed by atoms with van der Waals surface area (Å²) in [6, 6.07) is 9.07. The summed E-state index contributed by atoms with van der Waals surface area (Å²) in [5, 5.41) is 6.38. The average Bonchev–Trinajstić information content (AvgIpc) is 3.40. The topological polar surface area (TPSA) is 74.3 Å². The van der Waals surface area contributed by atoms with Gasteiger partial charge in [0.05, 0.1) is 11.0 Å². The molecule has 1 aliphatic heterocycles. The van der Waals surface area contributed by atoms with Crippen molar-refractivity contribution in [1.29, 1.82) is 0 Å². The highest BCUT2D eigenvalue weighted by Gasteiger charge is 2.56. The van der Waals surface area contributed by atoms with Crippen LogP contribution in [-0.4, -0.2) is 34.3 Å². The summed E-state index contributed by atoms with van der Waals surface area (Å²) >= 11 is 0. The quantitative estimate of drug-likeness (QED) is 0.625. The van der Waals surface area contributed by atoms with E-state index in [9.17, 15) is 22.8 Å². The summed E-state index contributed by atoms with van der Waals surface area (Å²) in [4.78, 5) is 30.9. The summed E-state index contributed by atoms with van der Waals surface area (Å²) in [5.41, 5.74) is 1.82. The number of carbonyl (C=O) groups excluding carboxylic acids is 2. The number of pyridine rings is 1. The number of amides is 2. The van der Waals surface area contributed by atoms with E-state index in [1.54, 1.807) is 4.90 Å². The van der Waals surface area contributed by atoms with Gasteiger partial charge >= 0.3 is 6.18 Å². The molecule has 0 saturated heterocycles. The molecule has 1 aromatic heterocycles. The van der Waals surface area contributed by atoms with Crippen LogP contribution in [0.3, 0.4) is 0 Å². The molecular weight excluding hydrogens is 469 g/mol. The van der Waals surface area contributed by atoms with Crippen LogP contribution in [0.1, 0.15) is 61.4 Å². The predicted octanol–water partition coefficient (Wildman–Crippen LogP) is 4.68. The number of nitrogens with zero attached hydrogens (tertiary/aromatic N) is 2. The van der Waals surface area contributed by atoms with Gasteiger partial charge in [-0.15, -0.1) is 0 Å². The van der Waals surface area contributed by atoms with Crippen LogP contribution in [0.5, 0.6) is 0 Å². The molecule has 9 heteroatoms. The van der Waals surface area contributed by atoms with Crippen molar-refractivity contribution in [2.24, 2.45) is 11.3 Å². The van der Waals surface area contributed by atoms with Gasteiger partial charge in [-0.2, -0.15) is 13.2 Å². The van der Waals surface area contributed by atoms with Gasteiger partial charge in [0.2, 0.25) is 11.8 Å². The first-order valence-corrected chi connectivity index (χ1v) is 12.6. The highest BCUT2D eigenvalue weighted by Crippen LogP contribution is 2.55. The lowest BCUT2D eigenvalue weighted by atomic mass is 9.78. The van der Waals surface area contributed by atoms with Gasteiger partial charge in [0.15, 0.2) is 0 Å². The van der Waals surface area contributed by atoms with Gasteiger partial charge in [-0.3, -0.25) is 14.6 Å². The van der Waals surface area contributed by atoms with Crippen molar-refractivity contribution in [2.75, 3.05) is 11.9 Å². The summed E-state index contributed by atoms with van der Waals surface area (Å²) in [5.74, 6) is 0.283. The Morgan fingerprint density at radius 2 is 2.00 bits per heavy atom. The molecule has 2 amide bonds. The Bertz CT molecular complexity index is 1150. The second kappa shape index (κ2) is 9.50. The third kappa shape index (κ3) is 4.85. The van der Waals surface area contributed by atoms with Crippen molar-refractivity contribution in [1.82, 2.24) is 15.2 Å². The maximum atomic E-state index is 13.9. The van der Waals surface area contributed by atoms with E-state index in [4.69, 9.17) is 0 Å². The number of hydrogen-bond donors (Lipinski definition) is 2. The molecule has 1 aromatic carbocycles. The molecule has 0 bridgehead atoms. The van der Waals surface area contributed by atoms with Gasteiger partial charge in [0.1, 0.15) is 0 Å². The standard InChI is InChI=1S/C27H31F3N4O2/c1-17(35)33-22-6-4-18(5-7-22)14-31-23-12-20-3-2-9-26(20,13-23)25(36)34-10-8-24-19(16-34)11-21(15-32-24)27(28,29)30/h4-7,11,15,20,23,31H,2-3,8-10,12-14,16H2,1H3,(H,33,35). The van der Waals surface area contributed by atoms with Crippen LogP contribution in [0.2, 0.25) is 0 Å². The van der Waals surface area contributed by atoms with Crippen LogP contribution < -0.4 is 10.6 Å². The van der Waals surface area contributed by atoms with Crippen LogP contribution in [0.15, 0.2) is 36.5 Å². The van der Waals surface area contributed by atoms with Crippen LogP contribution >= 0.6 is 0 Å². The molecule has 2 saturated carbocycles. The summed E-state index contributed by atoms with van der Waals surface area (Å²) in [6.07, 6.45) is 1.48. The van der Waals surface area contributed by atoms with E-state index in [0.29, 0.717) is 36.7 Å². The zero-order valence-electron chi connectivity index (χ0n) is 20.3. The van der Waals surface area contributed by atoms with E-state index in [1.807, 2.05) is 24.3 Å². The Kier molecular flexibility index (Phi) is 6.53. The molecule has 2 heterocycles. The molecular formula is C27H31F3N4O2. The molecule has 2 aromatic rings. The second-order valence-corrected chi connectivity index (χ2v) is 10.4. The minimum Gasteiger partial charge on any atom is -0.337 e. The highest BCUT2D eigenvalue weighted by atomic mass is 19.4. The summed E-state index contributed by atoms with van der Waals surface area (Å²) < 4.78 is 39.6. The monoisotopic (exact) mass is 500 g/mol. The van der Waals surface area contributed by atoms with Crippen molar-refractivity contribution in [3.05, 3.63) is 58.9 Å². The van der Waals surface area contributed by atoms with E-state index in [0.717, 1.165) is 55.6 Å². The van der Waals surface area contributed by atoms with Crippen molar-refractivity contribution in [2.45, 2.75) is 70.8 Å². The first kappa shape index (κ1) is 24.7. The Morgan fingerprint density at radius 1 is 1.22 bits per heavy atom. The second-order valence-electron chi connectivity index (χ2n) is 10.4. The molecule has 3 aliphatic rings. The van der Waals surface area contributed by atoms with E-state index in [1.165, 1.54) is 6.92 Å². The van der Waals surface area contributed by atoms with Crippen LogP contribution in [-0.2, 0) is 35.3 Å². The molecule has 0 radical (unpaired) electrons. The number of fused-ring (bicyclic) bond motifs is 2. The fourth-order valence-electron chi connectivity index (χ4n) is 6.39. The molecule has 2 fully saturated rings. The molecule has 5 rings (SSSR count). The highest BCUT2D eigenvalue weighted by molar-refractivity contribution is 5.88. The third-order valence-corrected chi connectivity index (χ3v) is 8.09. The van der Waals surface area contributed by atoms with Gasteiger partial charge in [0.25, 0.3) is 0 Å². The van der Waals surface area contributed by atoms with Gasteiger partial charge in [0, 0.05) is 56.6 Å². The molecule has 2 N–H and O–H groups in total. The lowest BCUT2D eigenvalue weighted by Gasteiger charge is -2.37. The zero-order chi connectivity index (χ0) is 25.5. The average molecular weight is 501 g/mol. The van der Waals surface area contributed by atoms with Crippen molar-refractivity contribution >= 4 is 17.5 Å². The first-order chi connectivity index (χ1) is 17.1. The molecule has 0 spiro atoms. The van der Waals surface area contributed by atoms with Crippen molar-refractivity contribution < 1.29 is 22.8 Å². The van der Waals surface area contributed by atoms with E-state index >= 15 is 0 Å². The Balaban J connectivity index is 1.24. The Hall–Kier alpha value is -2.94. The number of hydrogen-bond acceptors (Lipinski definition) is 4. The predicted molar refractivity (Wildman–Crippen MR) is 129 cm³/mol. The number of rotatable bonds is 5. The minimum absolute atomic E-state index is 0.0945. The number of aromatic nitrogens is 1. The largest absolute Gasteiger partial charge is 0.417 e. The van der Waals surface area contributed by atoms with E-state index in [-0.39, 0.29) is 24.4 Å². The lowest BCUT2D eigenvalue weighted by Crippen LogP contribution is -2.46. The minimum atomic E-state index is -4.45. The van der Waals surface area contributed by atoms with Crippen LogP contribution in [0.25, 0.3) is 0 Å². The number of anilines is 1. The van der Waals surface area contributed by atoms with E-state index < -0.39 is 17.2 Å². The maximum absolute atomic E-state index is 13.9. The molecule has 3 atom stereocenters. The molecule has 36 heavy (non-hydrogen) atoms. The van der Waals surface area contributed by atoms with Gasteiger partial charge in [-0.25, -0.2) is 0 Å². The molecule has 192 valence electrons. The smallest absolute Gasteiger partial charge is 0.337 e. The fraction of sp³-hybridized carbons (Fsp3) is 0.519. The van der Waals surface area contributed by atoms with Crippen LogP contribution in [0, 0.1) is 11.3 Å². The van der Waals surface area contributed by atoms with Crippen LogP contribution in [0.4, 0.5) is 18.9 Å². The third-order valence-electron chi connectivity index (χ3n) is 8.09. The number of benzene rings is 1. The molecule has 2 aliphatic carbocycles. The normalized spacial score (nSPS) is 25.4. The molecule has 3 unspecified atom stereocenters. The SMILES string of the molecule is CC(=O)Nc1ccc(CNC2CC3CCCC3(C(=O)N3CCc4ncc(C(F)(F)F)cc4C3)C2)cc1. The van der Waals surface area contributed by atoms with Gasteiger partial charge in [-0.05, 0) is 60.9 Å². The Labute approximate surface area is 208 Å². The number of halogens is 3. The van der Waals surface area contributed by atoms with Crippen molar-refractivity contribution in [3.63, 3.8) is 0 Å². The number of nitrogens with one attached hydrogen (secondary N) is 2. The maximum Gasteiger partial charge on any atom is 0.417 e. The number of carbonyl (C=O) groups is 2. The fourth-order valence-corrected chi connectivity index (χ4v) is 6.39.